The van der Waals surface area contributed by atoms with Gasteiger partial charge in [-0.3, -0.25) is 0 Å². The molecule has 1 aromatic rings. The van der Waals surface area contributed by atoms with Crippen molar-refractivity contribution in [1.29, 1.82) is 0 Å². The predicted octanol–water partition coefficient (Wildman–Crippen LogP) is 3.54. The van der Waals surface area contributed by atoms with E-state index in [0.29, 0.717) is 24.9 Å². The third kappa shape index (κ3) is 4.53. The lowest BCUT2D eigenvalue weighted by Gasteiger charge is -2.33. The average molecular weight is 291 g/mol. The zero-order valence-electron chi connectivity index (χ0n) is 14.0. The van der Waals surface area contributed by atoms with Crippen molar-refractivity contribution in [2.45, 2.75) is 64.9 Å². The van der Waals surface area contributed by atoms with Crippen LogP contribution in [-0.4, -0.2) is 32.0 Å². The summed E-state index contributed by atoms with van der Waals surface area (Å²) in [5.74, 6) is 0. The molecule has 1 aliphatic heterocycles. The molecule has 0 bridgehead atoms. The number of aryl methyl sites for hydroxylation is 2. The van der Waals surface area contributed by atoms with Crippen LogP contribution in [0.3, 0.4) is 0 Å². The molecule has 1 heterocycles. The van der Waals surface area contributed by atoms with Crippen LogP contribution in [0.5, 0.6) is 0 Å². The normalized spacial score (nSPS) is 27.6. The molecule has 1 fully saturated rings. The molecule has 0 saturated carbocycles. The van der Waals surface area contributed by atoms with Crippen molar-refractivity contribution in [2.24, 2.45) is 0 Å². The number of hydrogen-bond donors (Lipinski definition) is 1. The Balaban J connectivity index is 1.96. The molecule has 0 radical (unpaired) electrons. The third-order valence-electron chi connectivity index (χ3n) is 4.30. The Hall–Kier alpha value is -0.900. The molecule has 3 nitrogen and oxygen atoms in total. The van der Waals surface area contributed by atoms with Gasteiger partial charge in [0.1, 0.15) is 0 Å². The van der Waals surface area contributed by atoms with Crippen LogP contribution in [0, 0.1) is 13.8 Å². The molecule has 0 amide bonds. The van der Waals surface area contributed by atoms with Crippen molar-refractivity contribution < 1.29 is 9.47 Å². The smallest absolute Gasteiger partial charge is 0.0665 e. The van der Waals surface area contributed by atoms with Gasteiger partial charge in [0.05, 0.1) is 31.0 Å². The fraction of sp³-hybridized carbons (Fsp3) is 0.667. The third-order valence-corrected chi connectivity index (χ3v) is 4.30. The van der Waals surface area contributed by atoms with E-state index >= 15 is 0 Å². The van der Waals surface area contributed by atoms with Gasteiger partial charge >= 0.3 is 0 Å². The topological polar surface area (TPSA) is 30.5 Å². The summed E-state index contributed by atoms with van der Waals surface area (Å²) in [5, 5.41) is 3.38. The largest absolute Gasteiger partial charge is 0.376 e. The van der Waals surface area contributed by atoms with E-state index in [2.05, 4.69) is 51.2 Å². The number of likely N-dealkylation sites (N-methyl/N-ethyl adjacent to an activating group) is 1. The maximum absolute atomic E-state index is 6.17. The lowest BCUT2D eigenvalue weighted by Crippen LogP contribution is -2.35. The second kappa shape index (κ2) is 7.39. The molecule has 0 aromatic heterocycles. The van der Waals surface area contributed by atoms with E-state index in [1.54, 1.807) is 0 Å². The molecule has 1 N–H and O–H groups in total. The maximum Gasteiger partial charge on any atom is 0.0665 e. The first-order valence-corrected chi connectivity index (χ1v) is 8.01. The summed E-state index contributed by atoms with van der Waals surface area (Å²) in [7, 11) is 2.00. The Morgan fingerprint density at radius 3 is 2.48 bits per heavy atom. The minimum Gasteiger partial charge on any atom is -0.376 e. The van der Waals surface area contributed by atoms with E-state index in [9.17, 15) is 0 Å². The molecule has 118 valence electrons. The van der Waals surface area contributed by atoms with Crippen molar-refractivity contribution in [3.63, 3.8) is 0 Å². The SMILES string of the molecule is CNC(COC1CC(C)OC(C)C1)c1ccc(C)cc1C. The minimum atomic E-state index is 0.249. The number of nitrogens with one attached hydrogen (secondary N) is 1. The highest BCUT2D eigenvalue weighted by Crippen LogP contribution is 2.24. The number of benzene rings is 1. The van der Waals surface area contributed by atoms with E-state index in [-0.39, 0.29) is 6.04 Å². The molecular formula is C18H29NO2. The number of rotatable bonds is 5. The van der Waals surface area contributed by atoms with Gasteiger partial charge in [-0.15, -0.1) is 0 Å². The van der Waals surface area contributed by atoms with E-state index < -0.39 is 0 Å². The van der Waals surface area contributed by atoms with E-state index in [4.69, 9.17) is 9.47 Å². The summed E-state index contributed by atoms with van der Waals surface area (Å²) in [6.45, 7) is 9.28. The maximum atomic E-state index is 6.17. The number of hydrogen-bond acceptors (Lipinski definition) is 3. The van der Waals surface area contributed by atoms with Crippen LogP contribution in [0.4, 0.5) is 0 Å². The van der Waals surface area contributed by atoms with Crippen LogP contribution < -0.4 is 5.32 Å². The summed E-state index contributed by atoms with van der Waals surface area (Å²) in [4.78, 5) is 0. The van der Waals surface area contributed by atoms with Gasteiger partial charge in [-0.1, -0.05) is 23.8 Å². The van der Waals surface area contributed by atoms with E-state index in [1.165, 1.54) is 16.7 Å². The highest BCUT2D eigenvalue weighted by atomic mass is 16.5. The van der Waals surface area contributed by atoms with Crippen LogP contribution in [0.25, 0.3) is 0 Å². The monoisotopic (exact) mass is 291 g/mol. The van der Waals surface area contributed by atoms with Gasteiger partial charge in [0.25, 0.3) is 0 Å². The molecule has 21 heavy (non-hydrogen) atoms. The fourth-order valence-corrected chi connectivity index (χ4v) is 3.26. The van der Waals surface area contributed by atoms with Gasteiger partial charge in [0.15, 0.2) is 0 Å². The second-order valence-electron chi connectivity index (χ2n) is 6.39. The zero-order valence-corrected chi connectivity index (χ0v) is 14.0. The van der Waals surface area contributed by atoms with Crippen molar-refractivity contribution in [2.75, 3.05) is 13.7 Å². The molecular weight excluding hydrogens is 262 g/mol. The highest BCUT2D eigenvalue weighted by molar-refractivity contribution is 5.32. The lowest BCUT2D eigenvalue weighted by atomic mass is 9.99. The molecule has 1 aliphatic rings. The van der Waals surface area contributed by atoms with Crippen LogP contribution in [0.1, 0.15) is 49.4 Å². The Morgan fingerprint density at radius 2 is 1.90 bits per heavy atom. The molecule has 2 rings (SSSR count). The van der Waals surface area contributed by atoms with Crippen molar-refractivity contribution >= 4 is 0 Å². The van der Waals surface area contributed by atoms with Crippen molar-refractivity contribution in [1.82, 2.24) is 5.32 Å². The molecule has 3 unspecified atom stereocenters. The standard InChI is InChI=1S/C18H29NO2/c1-12-6-7-17(13(2)8-12)18(19-5)11-20-16-9-14(3)21-15(4)10-16/h6-8,14-16,18-19H,9-11H2,1-5H3. The van der Waals surface area contributed by atoms with Gasteiger partial charge < -0.3 is 14.8 Å². The van der Waals surface area contributed by atoms with Crippen LogP contribution in [0.15, 0.2) is 18.2 Å². The Labute approximate surface area is 129 Å². The lowest BCUT2D eigenvalue weighted by molar-refractivity contribution is -0.104. The zero-order chi connectivity index (χ0) is 15.4. The Morgan fingerprint density at radius 1 is 1.24 bits per heavy atom. The first-order chi connectivity index (χ1) is 9.99. The molecule has 0 aliphatic carbocycles. The van der Waals surface area contributed by atoms with Gasteiger partial charge in [-0.2, -0.15) is 0 Å². The van der Waals surface area contributed by atoms with Gasteiger partial charge in [-0.05, 0) is 58.7 Å². The van der Waals surface area contributed by atoms with E-state index in [0.717, 1.165) is 12.8 Å². The molecule has 1 aromatic carbocycles. The van der Waals surface area contributed by atoms with Crippen molar-refractivity contribution in [3.8, 4) is 0 Å². The van der Waals surface area contributed by atoms with E-state index in [1.807, 2.05) is 7.05 Å². The quantitative estimate of drug-likeness (QED) is 0.900. The highest BCUT2D eigenvalue weighted by Gasteiger charge is 2.26. The van der Waals surface area contributed by atoms with Gasteiger partial charge in [-0.25, -0.2) is 0 Å². The molecule has 1 saturated heterocycles. The summed E-state index contributed by atoms with van der Waals surface area (Å²) in [6, 6.07) is 6.87. The van der Waals surface area contributed by atoms with Gasteiger partial charge in [0, 0.05) is 0 Å². The second-order valence-corrected chi connectivity index (χ2v) is 6.39. The first kappa shape index (κ1) is 16.5. The number of ether oxygens (including phenoxy) is 2. The minimum absolute atomic E-state index is 0.249. The molecule has 3 heteroatoms. The summed E-state index contributed by atoms with van der Waals surface area (Å²) in [6.07, 6.45) is 2.90. The summed E-state index contributed by atoms with van der Waals surface area (Å²) >= 11 is 0. The summed E-state index contributed by atoms with van der Waals surface area (Å²) < 4.78 is 11.9. The fourth-order valence-electron chi connectivity index (χ4n) is 3.26. The Kier molecular flexibility index (Phi) is 5.80. The van der Waals surface area contributed by atoms with Crippen molar-refractivity contribution in [3.05, 3.63) is 34.9 Å². The van der Waals surface area contributed by atoms with Crippen LogP contribution >= 0.6 is 0 Å². The first-order valence-electron chi connectivity index (χ1n) is 8.01. The molecule has 0 spiro atoms. The average Bonchev–Trinajstić information content (AvgIpc) is 2.40. The molecule has 3 atom stereocenters. The van der Waals surface area contributed by atoms with Crippen LogP contribution in [0.2, 0.25) is 0 Å². The van der Waals surface area contributed by atoms with Crippen LogP contribution in [-0.2, 0) is 9.47 Å². The van der Waals surface area contributed by atoms with Gasteiger partial charge in [0.2, 0.25) is 0 Å². The predicted molar refractivity (Wildman–Crippen MR) is 86.7 cm³/mol. The summed E-state index contributed by atoms with van der Waals surface area (Å²) in [5.41, 5.74) is 3.96. The Bertz CT molecular complexity index is 451.